The summed E-state index contributed by atoms with van der Waals surface area (Å²) in [4.78, 5) is 16.7. The van der Waals surface area contributed by atoms with E-state index < -0.39 is 0 Å². The number of anilines is 1. The molecule has 28 heavy (non-hydrogen) atoms. The lowest BCUT2D eigenvalue weighted by Crippen LogP contribution is -2.42. The van der Waals surface area contributed by atoms with E-state index in [-0.39, 0.29) is 17.9 Å². The van der Waals surface area contributed by atoms with Crippen LogP contribution in [0.15, 0.2) is 43.0 Å². The number of benzene rings is 1. The molecule has 3 aromatic heterocycles. The van der Waals surface area contributed by atoms with Crippen molar-refractivity contribution in [2.24, 2.45) is 5.73 Å². The van der Waals surface area contributed by atoms with E-state index in [4.69, 9.17) is 10.7 Å². The number of halogens is 1. The van der Waals surface area contributed by atoms with Crippen LogP contribution in [0.25, 0.3) is 32.9 Å². The highest BCUT2D eigenvalue weighted by Gasteiger charge is 2.22. The number of rotatable bonds is 3. The van der Waals surface area contributed by atoms with Crippen LogP contribution < -0.4 is 11.1 Å². The van der Waals surface area contributed by atoms with E-state index in [1.165, 1.54) is 18.6 Å². The number of hydrogen-bond donors (Lipinski definition) is 3. The summed E-state index contributed by atoms with van der Waals surface area (Å²) >= 11 is 0. The SMILES string of the molecule is N[C@@H]1CCCC[C@@H]1Nc1ncc2cncc(-c3c[nH]c4ccc(F)cc34)c2n1. The van der Waals surface area contributed by atoms with E-state index in [1.807, 2.05) is 6.20 Å². The van der Waals surface area contributed by atoms with E-state index in [1.54, 1.807) is 24.7 Å². The fourth-order valence-electron chi connectivity index (χ4n) is 4.04. The first kappa shape index (κ1) is 17.1. The van der Waals surface area contributed by atoms with Gasteiger partial charge in [0.15, 0.2) is 0 Å². The summed E-state index contributed by atoms with van der Waals surface area (Å²) in [5.41, 5.74) is 9.61. The zero-order valence-corrected chi connectivity index (χ0v) is 15.3. The number of nitrogens with two attached hydrogens (primary N) is 1. The van der Waals surface area contributed by atoms with Crippen LogP contribution in [0.4, 0.5) is 10.3 Å². The highest BCUT2D eigenvalue weighted by Crippen LogP contribution is 2.33. The molecule has 1 aliphatic rings. The Balaban J connectivity index is 1.60. The smallest absolute Gasteiger partial charge is 0.223 e. The molecule has 6 nitrogen and oxygen atoms in total. The molecule has 0 unspecified atom stereocenters. The molecule has 1 saturated carbocycles. The minimum Gasteiger partial charge on any atom is -0.361 e. The second-order valence-corrected chi connectivity index (χ2v) is 7.41. The standard InChI is InChI=1S/C21H21FN6/c22-13-5-6-18-14(7-13)15(11-25-18)16-10-24-8-12-9-26-21(28-20(12)16)27-19-4-2-1-3-17(19)23/h5-11,17,19,25H,1-4,23H2,(H,26,27,28)/t17-,19+/m1/s1. The van der Waals surface area contributed by atoms with Crippen molar-refractivity contribution in [1.82, 2.24) is 19.9 Å². The van der Waals surface area contributed by atoms with E-state index >= 15 is 0 Å². The largest absolute Gasteiger partial charge is 0.361 e. The van der Waals surface area contributed by atoms with Gasteiger partial charge in [-0.1, -0.05) is 12.8 Å². The number of pyridine rings is 1. The van der Waals surface area contributed by atoms with Crippen LogP contribution in [0.2, 0.25) is 0 Å². The van der Waals surface area contributed by atoms with E-state index in [0.29, 0.717) is 5.95 Å². The molecule has 2 atom stereocenters. The fourth-order valence-corrected chi connectivity index (χ4v) is 4.04. The summed E-state index contributed by atoms with van der Waals surface area (Å²) in [7, 11) is 0. The Kier molecular flexibility index (Phi) is 4.16. The zero-order valence-electron chi connectivity index (χ0n) is 15.3. The van der Waals surface area contributed by atoms with Gasteiger partial charge in [0.2, 0.25) is 5.95 Å². The maximum Gasteiger partial charge on any atom is 0.223 e. The number of H-pyrrole nitrogens is 1. The van der Waals surface area contributed by atoms with Gasteiger partial charge in [-0.15, -0.1) is 0 Å². The molecular weight excluding hydrogens is 355 g/mol. The highest BCUT2D eigenvalue weighted by atomic mass is 19.1. The van der Waals surface area contributed by atoms with Crippen LogP contribution in [-0.4, -0.2) is 32.0 Å². The number of nitrogens with one attached hydrogen (secondary N) is 2. The molecular formula is C21H21FN6. The first-order chi connectivity index (χ1) is 13.7. The van der Waals surface area contributed by atoms with E-state index in [2.05, 4.69) is 20.3 Å². The monoisotopic (exact) mass is 376 g/mol. The normalized spacial score (nSPS) is 19.9. The number of aromatic nitrogens is 4. The van der Waals surface area contributed by atoms with Gasteiger partial charge >= 0.3 is 0 Å². The summed E-state index contributed by atoms with van der Waals surface area (Å²) in [5.74, 6) is 0.290. The average Bonchev–Trinajstić information content (AvgIpc) is 3.12. The molecule has 1 aromatic carbocycles. The lowest BCUT2D eigenvalue weighted by molar-refractivity contribution is 0.402. The van der Waals surface area contributed by atoms with Crippen molar-refractivity contribution >= 4 is 27.8 Å². The fraction of sp³-hybridized carbons (Fsp3) is 0.286. The van der Waals surface area contributed by atoms with Crippen molar-refractivity contribution in [2.45, 2.75) is 37.8 Å². The molecule has 4 N–H and O–H groups in total. The topological polar surface area (TPSA) is 92.5 Å². The van der Waals surface area contributed by atoms with Crippen LogP contribution in [-0.2, 0) is 0 Å². The van der Waals surface area contributed by atoms with Crippen molar-refractivity contribution < 1.29 is 4.39 Å². The Hall–Kier alpha value is -3.06. The third-order valence-corrected chi connectivity index (χ3v) is 5.56. The third-order valence-electron chi connectivity index (χ3n) is 5.56. The first-order valence-corrected chi connectivity index (χ1v) is 9.59. The summed E-state index contributed by atoms with van der Waals surface area (Å²) in [6.45, 7) is 0. The van der Waals surface area contributed by atoms with Crippen LogP contribution >= 0.6 is 0 Å². The van der Waals surface area contributed by atoms with E-state index in [0.717, 1.165) is 52.2 Å². The average molecular weight is 376 g/mol. The number of nitrogens with zero attached hydrogens (tertiary/aromatic N) is 3. The molecule has 5 rings (SSSR count). The molecule has 142 valence electrons. The maximum atomic E-state index is 13.8. The molecule has 0 bridgehead atoms. The molecule has 0 amide bonds. The third kappa shape index (κ3) is 2.97. The minimum absolute atomic E-state index is 0.113. The Morgan fingerprint density at radius 2 is 2.00 bits per heavy atom. The summed E-state index contributed by atoms with van der Waals surface area (Å²) < 4.78 is 13.8. The quantitative estimate of drug-likeness (QED) is 0.503. The van der Waals surface area contributed by atoms with Crippen LogP contribution in [0.5, 0.6) is 0 Å². The van der Waals surface area contributed by atoms with Gasteiger partial charge in [-0.05, 0) is 31.0 Å². The van der Waals surface area contributed by atoms with Gasteiger partial charge in [0.05, 0.1) is 5.52 Å². The minimum atomic E-state index is -0.273. The summed E-state index contributed by atoms with van der Waals surface area (Å²) in [6.07, 6.45) is 11.5. The van der Waals surface area contributed by atoms with Crippen LogP contribution in [0.1, 0.15) is 25.7 Å². The summed E-state index contributed by atoms with van der Waals surface area (Å²) in [6, 6.07) is 5.00. The Bertz CT molecular complexity index is 1150. The molecule has 1 aliphatic carbocycles. The van der Waals surface area contributed by atoms with Crippen molar-refractivity contribution in [3.8, 4) is 11.1 Å². The second-order valence-electron chi connectivity index (χ2n) is 7.41. The number of hydrogen-bond acceptors (Lipinski definition) is 5. The second kappa shape index (κ2) is 6.83. The Labute approximate surface area is 161 Å². The molecule has 0 spiro atoms. The molecule has 3 heterocycles. The lowest BCUT2D eigenvalue weighted by atomic mass is 9.91. The van der Waals surface area contributed by atoms with Crippen molar-refractivity contribution in [3.05, 3.63) is 48.8 Å². The predicted molar refractivity (Wildman–Crippen MR) is 108 cm³/mol. The van der Waals surface area contributed by atoms with Gasteiger partial charge in [0.25, 0.3) is 0 Å². The zero-order chi connectivity index (χ0) is 19.1. The van der Waals surface area contributed by atoms with E-state index in [9.17, 15) is 4.39 Å². The van der Waals surface area contributed by atoms with Gasteiger partial charge in [0, 0.05) is 64.3 Å². The van der Waals surface area contributed by atoms with Gasteiger partial charge in [-0.3, -0.25) is 4.98 Å². The van der Waals surface area contributed by atoms with Crippen LogP contribution in [0, 0.1) is 5.82 Å². The van der Waals surface area contributed by atoms with Crippen molar-refractivity contribution in [2.75, 3.05) is 5.32 Å². The molecule has 0 radical (unpaired) electrons. The van der Waals surface area contributed by atoms with Crippen LogP contribution in [0.3, 0.4) is 0 Å². The predicted octanol–water partition coefficient (Wildman–Crippen LogP) is 3.99. The first-order valence-electron chi connectivity index (χ1n) is 9.59. The number of aromatic amines is 1. The summed E-state index contributed by atoms with van der Waals surface area (Å²) in [5, 5.41) is 5.04. The maximum absolute atomic E-state index is 13.8. The molecule has 0 aliphatic heterocycles. The molecule has 7 heteroatoms. The number of fused-ring (bicyclic) bond motifs is 2. The van der Waals surface area contributed by atoms with Gasteiger partial charge in [0.1, 0.15) is 5.82 Å². The van der Waals surface area contributed by atoms with Crippen molar-refractivity contribution in [3.63, 3.8) is 0 Å². The van der Waals surface area contributed by atoms with Gasteiger partial charge in [-0.2, -0.15) is 0 Å². The van der Waals surface area contributed by atoms with Gasteiger partial charge < -0.3 is 16.0 Å². The lowest BCUT2D eigenvalue weighted by Gasteiger charge is -2.29. The molecule has 1 fully saturated rings. The Morgan fingerprint density at radius 3 is 2.89 bits per heavy atom. The van der Waals surface area contributed by atoms with Crippen molar-refractivity contribution in [1.29, 1.82) is 0 Å². The molecule has 4 aromatic rings. The Morgan fingerprint density at radius 1 is 1.11 bits per heavy atom. The van der Waals surface area contributed by atoms with Gasteiger partial charge in [-0.25, -0.2) is 14.4 Å². The highest BCUT2D eigenvalue weighted by molar-refractivity contribution is 6.03. The molecule has 0 saturated heterocycles.